The van der Waals surface area contributed by atoms with E-state index in [2.05, 4.69) is 10.6 Å². The standard InChI is InChI=1S/C27H34N4O5/c1-17-13-21-14-23(34-3)24(35-4)15-22(21)25(30-31(17)27(33)28-2)19-5-7-20(8-6-19)26(32)29-16-18-9-11-36-12-10-18/h5-8,14-15,17-18H,9-13,16H2,1-4H3,(H,28,33)(H,29,32). The maximum absolute atomic E-state index is 12.7. The molecular formula is C27H34N4O5. The minimum atomic E-state index is -0.296. The average molecular weight is 495 g/mol. The fraction of sp³-hybridized carbons (Fsp3) is 0.444. The van der Waals surface area contributed by atoms with Crippen LogP contribution in [0.5, 0.6) is 11.5 Å². The SMILES string of the molecule is CNC(=O)N1N=C(c2ccc(C(=O)NCC3CCOCC3)cc2)c2cc(OC)c(OC)cc2CC1C. The van der Waals surface area contributed by atoms with Gasteiger partial charge in [0.2, 0.25) is 0 Å². The molecule has 1 saturated heterocycles. The quantitative estimate of drug-likeness (QED) is 0.642. The monoisotopic (exact) mass is 494 g/mol. The Morgan fingerprint density at radius 1 is 1.08 bits per heavy atom. The maximum atomic E-state index is 12.7. The highest BCUT2D eigenvalue weighted by Crippen LogP contribution is 2.34. The van der Waals surface area contributed by atoms with Crippen LogP contribution in [0, 0.1) is 5.92 Å². The molecular weight excluding hydrogens is 460 g/mol. The van der Waals surface area contributed by atoms with Crippen LogP contribution < -0.4 is 20.1 Å². The molecule has 1 unspecified atom stereocenters. The molecule has 2 heterocycles. The zero-order chi connectivity index (χ0) is 25.7. The molecule has 9 heteroatoms. The number of nitrogens with zero attached hydrogens (tertiary/aromatic N) is 2. The van der Waals surface area contributed by atoms with Crippen molar-refractivity contribution in [3.05, 3.63) is 58.7 Å². The van der Waals surface area contributed by atoms with Gasteiger partial charge < -0.3 is 24.8 Å². The van der Waals surface area contributed by atoms with Crippen LogP contribution in [0.2, 0.25) is 0 Å². The number of hydrogen-bond acceptors (Lipinski definition) is 6. The van der Waals surface area contributed by atoms with E-state index in [9.17, 15) is 9.59 Å². The third-order valence-electron chi connectivity index (χ3n) is 6.74. The molecule has 2 aliphatic rings. The number of benzene rings is 2. The topological polar surface area (TPSA) is 101 Å². The summed E-state index contributed by atoms with van der Waals surface area (Å²) in [6, 6.07) is 10.6. The number of hydrazone groups is 1. The molecule has 2 aromatic rings. The lowest BCUT2D eigenvalue weighted by Crippen LogP contribution is -2.41. The number of urea groups is 1. The van der Waals surface area contributed by atoms with Crippen molar-refractivity contribution in [2.24, 2.45) is 11.0 Å². The molecule has 2 aliphatic heterocycles. The van der Waals surface area contributed by atoms with Gasteiger partial charge in [0.1, 0.15) is 0 Å². The average Bonchev–Trinajstić information content (AvgIpc) is 3.06. The van der Waals surface area contributed by atoms with Gasteiger partial charge in [-0.25, -0.2) is 9.80 Å². The minimum absolute atomic E-state index is 0.108. The molecule has 0 radical (unpaired) electrons. The molecule has 0 bridgehead atoms. The van der Waals surface area contributed by atoms with Crippen LogP contribution in [-0.2, 0) is 11.2 Å². The van der Waals surface area contributed by atoms with E-state index in [1.54, 1.807) is 33.4 Å². The van der Waals surface area contributed by atoms with E-state index in [1.807, 2.05) is 31.2 Å². The lowest BCUT2D eigenvalue weighted by Gasteiger charge is -2.22. The predicted octanol–water partition coefficient (Wildman–Crippen LogP) is 3.20. The van der Waals surface area contributed by atoms with Crippen molar-refractivity contribution < 1.29 is 23.8 Å². The molecule has 192 valence electrons. The van der Waals surface area contributed by atoms with E-state index >= 15 is 0 Å². The Hall–Kier alpha value is -3.59. The third-order valence-corrected chi connectivity index (χ3v) is 6.74. The molecule has 2 aromatic carbocycles. The zero-order valence-electron chi connectivity index (χ0n) is 21.3. The van der Waals surface area contributed by atoms with Gasteiger partial charge in [0.05, 0.1) is 26.0 Å². The molecule has 1 atom stereocenters. The van der Waals surface area contributed by atoms with Gasteiger partial charge in [0.25, 0.3) is 5.91 Å². The molecule has 36 heavy (non-hydrogen) atoms. The fourth-order valence-corrected chi connectivity index (χ4v) is 4.62. The van der Waals surface area contributed by atoms with Crippen molar-refractivity contribution in [2.75, 3.05) is 41.0 Å². The summed E-state index contributed by atoms with van der Waals surface area (Å²) in [7, 11) is 4.77. The summed E-state index contributed by atoms with van der Waals surface area (Å²) in [4.78, 5) is 25.4. The summed E-state index contributed by atoms with van der Waals surface area (Å²) in [6.45, 7) is 4.10. The molecule has 2 N–H and O–H groups in total. The molecule has 4 rings (SSSR count). The third kappa shape index (κ3) is 5.46. The van der Waals surface area contributed by atoms with Crippen molar-refractivity contribution in [1.29, 1.82) is 0 Å². The van der Waals surface area contributed by atoms with E-state index < -0.39 is 0 Å². The molecule has 0 saturated carbocycles. The van der Waals surface area contributed by atoms with Crippen LogP contribution in [0.25, 0.3) is 0 Å². The van der Waals surface area contributed by atoms with Gasteiger partial charge in [0, 0.05) is 43.5 Å². The molecule has 0 aromatic heterocycles. The molecule has 1 fully saturated rings. The summed E-state index contributed by atoms with van der Waals surface area (Å²) in [5.41, 5.74) is 3.82. The maximum Gasteiger partial charge on any atom is 0.337 e. The summed E-state index contributed by atoms with van der Waals surface area (Å²) in [5, 5.41) is 11.9. The Balaban J connectivity index is 1.65. The first kappa shape index (κ1) is 25.5. The van der Waals surface area contributed by atoms with Crippen molar-refractivity contribution in [2.45, 2.75) is 32.2 Å². The number of nitrogens with one attached hydrogen (secondary N) is 2. The van der Waals surface area contributed by atoms with Gasteiger partial charge >= 0.3 is 6.03 Å². The fourth-order valence-electron chi connectivity index (χ4n) is 4.62. The summed E-state index contributed by atoms with van der Waals surface area (Å²) in [6.07, 6.45) is 2.52. The van der Waals surface area contributed by atoms with Crippen LogP contribution in [0.4, 0.5) is 4.79 Å². The number of ether oxygens (including phenoxy) is 3. The number of methoxy groups -OCH3 is 2. The van der Waals surface area contributed by atoms with Crippen molar-refractivity contribution in [1.82, 2.24) is 15.6 Å². The van der Waals surface area contributed by atoms with Crippen LogP contribution >= 0.6 is 0 Å². The Bertz CT molecular complexity index is 1130. The Morgan fingerprint density at radius 3 is 2.39 bits per heavy atom. The Morgan fingerprint density at radius 2 is 1.75 bits per heavy atom. The van der Waals surface area contributed by atoms with E-state index in [4.69, 9.17) is 19.3 Å². The smallest absolute Gasteiger partial charge is 0.337 e. The second-order valence-electron chi connectivity index (χ2n) is 9.11. The predicted molar refractivity (Wildman–Crippen MR) is 137 cm³/mol. The number of hydrogen-bond donors (Lipinski definition) is 2. The van der Waals surface area contributed by atoms with Crippen LogP contribution in [0.15, 0.2) is 41.5 Å². The number of carbonyl (C=O) groups is 2. The largest absolute Gasteiger partial charge is 0.493 e. The summed E-state index contributed by atoms with van der Waals surface area (Å²) in [5.74, 6) is 1.54. The minimum Gasteiger partial charge on any atom is -0.493 e. The van der Waals surface area contributed by atoms with Gasteiger partial charge in [-0.1, -0.05) is 12.1 Å². The highest BCUT2D eigenvalue weighted by molar-refractivity contribution is 6.15. The lowest BCUT2D eigenvalue weighted by molar-refractivity contribution is 0.0642. The number of amides is 3. The van der Waals surface area contributed by atoms with Crippen molar-refractivity contribution in [3.8, 4) is 11.5 Å². The van der Waals surface area contributed by atoms with E-state index in [0.717, 1.165) is 42.7 Å². The number of fused-ring (bicyclic) bond motifs is 1. The van der Waals surface area contributed by atoms with E-state index in [1.165, 1.54) is 5.01 Å². The zero-order valence-corrected chi connectivity index (χ0v) is 21.3. The first-order valence-electron chi connectivity index (χ1n) is 12.3. The second kappa shape index (κ2) is 11.4. The van der Waals surface area contributed by atoms with Crippen LogP contribution in [-0.4, -0.2) is 69.7 Å². The van der Waals surface area contributed by atoms with Gasteiger partial charge in [-0.05, 0) is 61.9 Å². The van der Waals surface area contributed by atoms with Crippen molar-refractivity contribution >= 4 is 17.6 Å². The number of rotatable bonds is 6. The van der Waals surface area contributed by atoms with E-state index in [-0.39, 0.29) is 18.0 Å². The molecule has 9 nitrogen and oxygen atoms in total. The van der Waals surface area contributed by atoms with Gasteiger partial charge in [-0.15, -0.1) is 0 Å². The van der Waals surface area contributed by atoms with Gasteiger partial charge in [0.15, 0.2) is 11.5 Å². The molecule has 3 amide bonds. The Kier molecular flexibility index (Phi) is 8.10. The van der Waals surface area contributed by atoms with E-state index in [0.29, 0.717) is 41.7 Å². The van der Waals surface area contributed by atoms with Crippen LogP contribution in [0.3, 0.4) is 0 Å². The van der Waals surface area contributed by atoms with Gasteiger partial charge in [-0.3, -0.25) is 4.79 Å². The molecule has 0 aliphatic carbocycles. The van der Waals surface area contributed by atoms with Gasteiger partial charge in [-0.2, -0.15) is 5.10 Å². The summed E-state index contributed by atoms with van der Waals surface area (Å²) < 4.78 is 16.5. The Labute approximate surface area is 211 Å². The first-order chi connectivity index (χ1) is 17.4. The molecule has 0 spiro atoms. The normalized spacial score (nSPS) is 17.9. The lowest BCUT2D eigenvalue weighted by atomic mass is 9.93. The van der Waals surface area contributed by atoms with Crippen molar-refractivity contribution in [3.63, 3.8) is 0 Å². The summed E-state index contributed by atoms with van der Waals surface area (Å²) >= 11 is 0. The van der Waals surface area contributed by atoms with Crippen LogP contribution in [0.1, 0.15) is 46.8 Å². The second-order valence-corrected chi connectivity index (χ2v) is 9.11. The first-order valence-corrected chi connectivity index (χ1v) is 12.3. The highest BCUT2D eigenvalue weighted by Gasteiger charge is 2.28. The number of carbonyl (C=O) groups excluding carboxylic acids is 2. The highest BCUT2D eigenvalue weighted by atomic mass is 16.5.